The van der Waals surface area contributed by atoms with E-state index in [1.807, 2.05) is 18.2 Å². The van der Waals surface area contributed by atoms with Crippen molar-refractivity contribution in [1.29, 1.82) is 0 Å². The van der Waals surface area contributed by atoms with E-state index < -0.39 is 0 Å². The van der Waals surface area contributed by atoms with Crippen LogP contribution in [0.15, 0.2) is 47.0 Å². The number of rotatable bonds is 1. The van der Waals surface area contributed by atoms with Crippen LogP contribution in [-0.2, 0) is 0 Å². The van der Waals surface area contributed by atoms with Crippen LogP contribution < -0.4 is 0 Å². The number of fused-ring (bicyclic) bond motifs is 1. The minimum Gasteiger partial charge on any atom is -0.356 e. The minimum absolute atomic E-state index is 0.327. The van der Waals surface area contributed by atoms with Crippen LogP contribution in [0.2, 0.25) is 0 Å². The maximum absolute atomic E-state index is 13.0. The largest absolute Gasteiger partial charge is 0.356 e. The van der Waals surface area contributed by atoms with Gasteiger partial charge in [0, 0.05) is 17.0 Å². The van der Waals surface area contributed by atoms with Crippen LogP contribution in [0, 0.1) is 11.9 Å². The number of halogens is 1. The lowest BCUT2D eigenvalue weighted by Crippen LogP contribution is -1.78. The zero-order chi connectivity index (χ0) is 11.0. The first kappa shape index (κ1) is 9.09. The van der Waals surface area contributed by atoms with Crippen LogP contribution in [0.4, 0.5) is 4.39 Å². The van der Waals surface area contributed by atoms with Gasteiger partial charge in [-0.3, -0.25) is 0 Å². The van der Waals surface area contributed by atoms with E-state index in [1.165, 1.54) is 12.1 Å². The van der Waals surface area contributed by atoms with Crippen molar-refractivity contribution in [3.05, 3.63) is 54.3 Å². The third-order valence-electron chi connectivity index (χ3n) is 2.40. The number of benzene rings is 2. The predicted molar refractivity (Wildman–Crippen MR) is 58.2 cm³/mol. The number of aromatic nitrogens is 1. The Bertz CT molecular complexity index is 631. The number of hydrogen-bond donors (Lipinski definition) is 0. The number of hydrogen-bond acceptors (Lipinski definition) is 2. The van der Waals surface area contributed by atoms with Crippen LogP contribution in [-0.4, -0.2) is 5.16 Å². The van der Waals surface area contributed by atoms with E-state index in [2.05, 4.69) is 11.2 Å². The molecule has 3 aromatic rings. The quantitative estimate of drug-likeness (QED) is 0.617. The van der Waals surface area contributed by atoms with Gasteiger partial charge < -0.3 is 4.52 Å². The summed E-state index contributed by atoms with van der Waals surface area (Å²) in [7, 11) is 0. The molecule has 0 N–H and O–H groups in total. The Balaban J connectivity index is 2.26. The first-order chi connectivity index (χ1) is 7.84. The molecule has 0 atom stereocenters. The van der Waals surface area contributed by atoms with Gasteiger partial charge in [-0.15, -0.1) is 0 Å². The molecular weight excluding hydrogens is 205 g/mol. The van der Waals surface area contributed by atoms with Crippen molar-refractivity contribution in [3.63, 3.8) is 0 Å². The van der Waals surface area contributed by atoms with Gasteiger partial charge in [0.1, 0.15) is 11.5 Å². The molecule has 16 heavy (non-hydrogen) atoms. The first-order valence-corrected chi connectivity index (χ1v) is 4.86. The fraction of sp³-hybridized carbons (Fsp3) is 0. The molecule has 0 saturated carbocycles. The summed E-state index contributed by atoms with van der Waals surface area (Å²) in [6.07, 6.45) is 0. The molecule has 0 spiro atoms. The van der Waals surface area contributed by atoms with E-state index in [-0.39, 0.29) is 5.82 Å². The standard InChI is InChI=1S/C13H7FNO/c14-10-6-7-11-12(8-10)16-15-13(11)9-4-2-1-3-5-9/h1-4,6-8H. The van der Waals surface area contributed by atoms with Crippen LogP contribution in [0.1, 0.15) is 0 Å². The van der Waals surface area contributed by atoms with Gasteiger partial charge in [0.15, 0.2) is 5.58 Å². The molecule has 2 aromatic carbocycles. The van der Waals surface area contributed by atoms with Crippen molar-refractivity contribution in [3.8, 4) is 11.3 Å². The van der Waals surface area contributed by atoms with E-state index in [9.17, 15) is 4.39 Å². The molecule has 0 unspecified atom stereocenters. The molecule has 0 aliphatic rings. The van der Waals surface area contributed by atoms with Gasteiger partial charge >= 0.3 is 0 Å². The van der Waals surface area contributed by atoms with E-state index in [0.717, 1.165) is 10.9 Å². The summed E-state index contributed by atoms with van der Waals surface area (Å²) >= 11 is 0. The molecular formula is C13H7FNO. The average molecular weight is 212 g/mol. The van der Waals surface area contributed by atoms with E-state index in [1.54, 1.807) is 12.1 Å². The second kappa shape index (κ2) is 3.45. The second-order valence-corrected chi connectivity index (χ2v) is 3.45. The van der Waals surface area contributed by atoms with Crippen LogP contribution in [0.3, 0.4) is 0 Å². The van der Waals surface area contributed by atoms with Gasteiger partial charge in [-0.25, -0.2) is 4.39 Å². The summed E-state index contributed by atoms with van der Waals surface area (Å²) in [6.45, 7) is 0. The van der Waals surface area contributed by atoms with Crippen molar-refractivity contribution in [2.75, 3.05) is 0 Å². The van der Waals surface area contributed by atoms with Crippen LogP contribution >= 0.6 is 0 Å². The molecule has 1 heterocycles. The topological polar surface area (TPSA) is 26.0 Å². The molecule has 0 amide bonds. The maximum Gasteiger partial charge on any atom is 0.170 e. The van der Waals surface area contributed by atoms with Gasteiger partial charge in [0.05, 0.1) is 0 Å². The summed E-state index contributed by atoms with van der Waals surface area (Å²) < 4.78 is 18.0. The van der Waals surface area contributed by atoms with Crippen molar-refractivity contribution >= 4 is 11.0 Å². The van der Waals surface area contributed by atoms with Crippen LogP contribution in [0.25, 0.3) is 22.2 Å². The van der Waals surface area contributed by atoms with Crippen LogP contribution in [0.5, 0.6) is 0 Å². The van der Waals surface area contributed by atoms with Gasteiger partial charge in [-0.2, -0.15) is 0 Å². The fourth-order valence-corrected chi connectivity index (χ4v) is 1.65. The predicted octanol–water partition coefficient (Wildman–Crippen LogP) is 3.43. The summed E-state index contributed by atoms with van der Waals surface area (Å²) in [5, 5.41) is 4.73. The molecule has 0 aliphatic carbocycles. The minimum atomic E-state index is -0.327. The van der Waals surface area contributed by atoms with Crippen molar-refractivity contribution in [2.45, 2.75) is 0 Å². The highest BCUT2D eigenvalue weighted by molar-refractivity contribution is 5.91. The smallest absolute Gasteiger partial charge is 0.170 e. The molecule has 77 valence electrons. The Morgan fingerprint density at radius 2 is 2.12 bits per heavy atom. The third-order valence-corrected chi connectivity index (χ3v) is 2.40. The van der Waals surface area contributed by atoms with Crippen molar-refractivity contribution in [2.24, 2.45) is 0 Å². The van der Waals surface area contributed by atoms with Crippen molar-refractivity contribution < 1.29 is 8.91 Å². The highest BCUT2D eigenvalue weighted by atomic mass is 19.1. The molecule has 0 bridgehead atoms. The molecule has 3 rings (SSSR count). The van der Waals surface area contributed by atoms with Gasteiger partial charge in [0.2, 0.25) is 0 Å². The van der Waals surface area contributed by atoms with E-state index >= 15 is 0 Å². The molecule has 0 saturated heterocycles. The van der Waals surface area contributed by atoms with Crippen molar-refractivity contribution in [1.82, 2.24) is 5.16 Å². The molecule has 1 radical (unpaired) electrons. The summed E-state index contributed by atoms with van der Waals surface area (Å²) in [6, 6.07) is 14.9. The maximum atomic E-state index is 13.0. The van der Waals surface area contributed by atoms with E-state index in [0.29, 0.717) is 11.3 Å². The SMILES string of the molecule is Fc1ccc2c(-c3[c]cccc3)noc2c1. The molecule has 1 aromatic heterocycles. The monoisotopic (exact) mass is 212 g/mol. The fourth-order valence-electron chi connectivity index (χ4n) is 1.65. The normalized spacial score (nSPS) is 10.8. The summed E-state index contributed by atoms with van der Waals surface area (Å²) in [5.74, 6) is -0.327. The Labute approximate surface area is 91.3 Å². The lowest BCUT2D eigenvalue weighted by Gasteiger charge is -1.94. The van der Waals surface area contributed by atoms with Gasteiger partial charge in [-0.05, 0) is 18.2 Å². The van der Waals surface area contributed by atoms with Gasteiger partial charge in [-0.1, -0.05) is 29.4 Å². The Kier molecular flexibility index (Phi) is 1.96. The lowest BCUT2D eigenvalue weighted by molar-refractivity contribution is 0.457. The molecule has 2 nitrogen and oxygen atoms in total. The lowest BCUT2D eigenvalue weighted by atomic mass is 10.1. The molecule has 0 fully saturated rings. The number of nitrogens with zero attached hydrogens (tertiary/aromatic N) is 1. The second-order valence-electron chi connectivity index (χ2n) is 3.45. The third kappa shape index (κ3) is 1.37. The Hall–Kier alpha value is -2.16. The average Bonchev–Trinajstić information content (AvgIpc) is 2.73. The zero-order valence-electron chi connectivity index (χ0n) is 8.27. The van der Waals surface area contributed by atoms with Gasteiger partial charge in [0.25, 0.3) is 0 Å². The Morgan fingerprint density at radius 1 is 1.19 bits per heavy atom. The zero-order valence-corrected chi connectivity index (χ0v) is 8.27. The highest BCUT2D eigenvalue weighted by Gasteiger charge is 2.10. The highest BCUT2D eigenvalue weighted by Crippen LogP contribution is 2.27. The molecule has 0 aliphatic heterocycles. The Morgan fingerprint density at radius 3 is 2.94 bits per heavy atom. The summed E-state index contributed by atoms with van der Waals surface area (Å²) in [4.78, 5) is 0. The first-order valence-electron chi connectivity index (χ1n) is 4.86. The summed E-state index contributed by atoms with van der Waals surface area (Å²) in [5.41, 5.74) is 1.98. The van der Waals surface area contributed by atoms with E-state index in [4.69, 9.17) is 4.52 Å². The molecule has 3 heteroatoms.